The molecule has 2 aromatic carbocycles. The second-order valence-corrected chi connectivity index (χ2v) is 8.86. The predicted octanol–water partition coefficient (Wildman–Crippen LogP) is 2.24. The molecule has 0 saturated carbocycles. The molecule has 12 heteroatoms. The monoisotopic (exact) mass is 451 g/mol. The average molecular weight is 451 g/mol. The Labute approximate surface area is 176 Å². The van der Waals surface area contributed by atoms with Gasteiger partial charge in [0.15, 0.2) is 6.61 Å². The molecule has 0 bridgehead atoms. The summed E-state index contributed by atoms with van der Waals surface area (Å²) >= 11 is 0. The van der Waals surface area contributed by atoms with Crippen LogP contribution in [-0.2, 0) is 26.0 Å². The summed E-state index contributed by atoms with van der Waals surface area (Å²) in [7, 11) is -3.47. The first-order valence-corrected chi connectivity index (χ1v) is 10.9. The molecule has 164 valence electrons. The SMILES string of the molecule is CC1Cc2cc(C(=O)OCC(=O)Nc3cc([N+](=O)[O-])ccc3F)ccc2N1S(C)(=O)=O. The minimum Gasteiger partial charge on any atom is -0.452 e. The van der Waals surface area contributed by atoms with E-state index in [2.05, 4.69) is 5.32 Å². The van der Waals surface area contributed by atoms with Crippen LogP contribution in [0.5, 0.6) is 0 Å². The molecule has 0 radical (unpaired) electrons. The number of esters is 1. The second kappa shape index (κ2) is 8.30. The van der Waals surface area contributed by atoms with Crippen LogP contribution in [0, 0.1) is 15.9 Å². The zero-order chi connectivity index (χ0) is 22.9. The van der Waals surface area contributed by atoms with E-state index in [1.165, 1.54) is 22.5 Å². The third-order valence-electron chi connectivity index (χ3n) is 4.59. The second-order valence-electron chi connectivity index (χ2n) is 7.00. The highest BCUT2D eigenvalue weighted by Crippen LogP contribution is 2.34. The van der Waals surface area contributed by atoms with Gasteiger partial charge in [-0.3, -0.25) is 19.2 Å². The summed E-state index contributed by atoms with van der Waals surface area (Å²) < 4.78 is 43.9. The summed E-state index contributed by atoms with van der Waals surface area (Å²) in [5.41, 5.74) is 0.420. The number of non-ortho nitro benzene ring substituents is 1. The van der Waals surface area contributed by atoms with Crippen molar-refractivity contribution in [3.05, 3.63) is 63.5 Å². The van der Waals surface area contributed by atoms with Crippen molar-refractivity contribution in [2.75, 3.05) is 22.5 Å². The smallest absolute Gasteiger partial charge is 0.338 e. The van der Waals surface area contributed by atoms with Crippen LogP contribution in [-0.4, -0.2) is 44.1 Å². The Hall–Kier alpha value is -3.54. The Morgan fingerprint density at radius 1 is 1.29 bits per heavy atom. The quantitative estimate of drug-likeness (QED) is 0.404. The number of nitro groups is 1. The molecule has 1 aliphatic heterocycles. The van der Waals surface area contributed by atoms with E-state index in [9.17, 15) is 32.5 Å². The van der Waals surface area contributed by atoms with E-state index in [0.717, 1.165) is 24.5 Å². The molecule has 10 nitrogen and oxygen atoms in total. The lowest BCUT2D eigenvalue weighted by atomic mass is 10.1. The summed E-state index contributed by atoms with van der Waals surface area (Å²) in [5, 5.41) is 12.9. The minimum absolute atomic E-state index is 0.121. The summed E-state index contributed by atoms with van der Waals surface area (Å²) in [6.45, 7) is 1.00. The third kappa shape index (κ3) is 4.79. The molecule has 1 N–H and O–H groups in total. The van der Waals surface area contributed by atoms with E-state index in [-0.39, 0.29) is 11.6 Å². The van der Waals surface area contributed by atoms with Gasteiger partial charge in [0.1, 0.15) is 5.82 Å². The van der Waals surface area contributed by atoms with E-state index in [1.807, 2.05) is 0 Å². The van der Waals surface area contributed by atoms with Gasteiger partial charge in [-0.2, -0.15) is 0 Å². The van der Waals surface area contributed by atoms with E-state index < -0.39 is 50.6 Å². The van der Waals surface area contributed by atoms with Gasteiger partial charge in [0.05, 0.1) is 28.1 Å². The first-order valence-electron chi connectivity index (χ1n) is 9.00. The third-order valence-corrected chi connectivity index (χ3v) is 5.87. The van der Waals surface area contributed by atoms with Gasteiger partial charge in [0.2, 0.25) is 10.0 Å². The maximum Gasteiger partial charge on any atom is 0.338 e. The number of hydrogen-bond acceptors (Lipinski definition) is 7. The van der Waals surface area contributed by atoms with Crippen LogP contribution in [0.1, 0.15) is 22.8 Å². The molecule has 31 heavy (non-hydrogen) atoms. The first kappa shape index (κ1) is 22.2. The van der Waals surface area contributed by atoms with Crippen molar-refractivity contribution < 1.29 is 32.1 Å². The number of sulfonamides is 1. The number of hydrogen-bond donors (Lipinski definition) is 1. The van der Waals surface area contributed by atoms with Crippen molar-refractivity contribution in [2.45, 2.75) is 19.4 Å². The highest BCUT2D eigenvalue weighted by Gasteiger charge is 2.33. The number of halogens is 1. The van der Waals surface area contributed by atoms with E-state index in [0.29, 0.717) is 17.7 Å². The molecule has 1 aliphatic rings. The van der Waals surface area contributed by atoms with Crippen molar-refractivity contribution in [3.8, 4) is 0 Å². The molecular formula is C19H18FN3O7S. The number of anilines is 2. The molecule has 1 heterocycles. The van der Waals surface area contributed by atoms with Crippen LogP contribution in [0.25, 0.3) is 0 Å². The number of nitro benzene ring substituents is 1. The number of carbonyl (C=O) groups is 2. The fourth-order valence-corrected chi connectivity index (χ4v) is 4.62. The van der Waals surface area contributed by atoms with Crippen molar-refractivity contribution in [1.29, 1.82) is 0 Å². The minimum atomic E-state index is -3.47. The van der Waals surface area contributed by atoms with Gasteiger partial charge in [-0.1, -0.05) is 0 Å². The van der Waals surface area contributed by atoms with Gasteiger partial charge < -0.3 is 10.1 Å². The Bertz CT molecular complexity index is 1180. The number of rotatable bonds is 6. The molecule has 1 unspecified atom stereocenters. The fourth-order valence-electron chi connectivity index (χ4n) is 3.36. The average Bonchev–Trinajstić information content (AvgIpc) is 3.02. The molecule has 0 aromatic heterocycles. The number of ether oxygens (including phenoxy) is 1. The van der Waals surface area contributed by atoms with Gasteiger partial charge in [-0.15, -0.1) is 0 Å². The maximum absolute atomic E-state index is 13.7. The summed E-state index contributed by atoms with van der Waals surface area (Å²) in [5.74, 6) is -2.60. The van der Waals surface area contributed by atoms with Gasteiger partial charge in [0.25, 0.3) is 11.6 Å². The Kier molecular flexibility index (Phi) is 5.93. The van der Waals surface area contributed by atoms with E-state index in [4.69, 9.17) is 4.74 Å². The van der Waals surface area contributed by atoms with Crippen LogP contribution in [0.3, 0.4) is 0 Å². The Morgan fingerprint density at radius 3 is 2.65 bits per heavy atom. The first-order chi connectivity index (χ1) is 14.5. The molecule has 3 rings (SSSR count). The largest absolute Gasteiger partial charge is 0.452 e. The molecule has 2 aromatic rings. The molecule has 0 saturated heterocycles. The zero-order valence-electron chi connectivity index (χ0n) is 16.5. The van der Waals surface area contributed by atoms with Gasteiger partial charge in [-0.05, 0) is 43.2 Å². The Morgan fingerprint density at radius 2 is 2.00 bits per heavy atom. The lowest BCUT2D eigenvalue weighted by molar-refractivity contribution is -0.384. The van der Waals surface area contributed by atoms with Gasteiger partial charge in [-0.25, -0.2) is 17.6 Å². The number of nitrogens with one attached hydrogen (secondary N) is 1. The van der Waals surface area contributed by atoms with E-state index in [1.54, 1.807) is 6.92 Å². The van der Waals surface area contributed by atoms with Gasteiger partial charge in [0, 0.05) is 18.2 Å². The molecule has 1 amide bonds. The highest BCUT2D eigenvalue weighted by atomic mass is 32.2. The number of fused-ring (bicyclic) bond motifs is 1. The summed E-state index contributed by atoms with van der Waals surface area (Å²) in [6.07, 6.45) is 1.51. The Balaban J connectivity index is 1.66. The maximum atomic E-state index is 13.7. The number of nitrogens with zero attached hydrogens (tertiary/aromatic N) is 2. The lowest BCUT2D eigenvalue weighted by Crippen LogP contribution is -2.34. The van der Waals surface area contributed by atoms with Crippen LogP contribution in [0.4, 0.5) is 21.5 Å². The fraction of sp³-hybridized carbons (Fsp3) is 0.263. The predicted molar refractivity (Wildman–Crippen MR) is 109 cm³/mol. The zero-order valence-corrected chi connectivity index (χ0v) is 17.3. The van der Waals surface area contributed by atoms with Crippen molar-refractivity contribution in [2.24, 2.45) is 0 Å². The topological polar surface area (TPSA) is 136 Å². The highest BCUT2D eigenvalue weighted by molar-refractivity contribution is 7.92. The molecule has 0 spiro atoms. The molecule has 1 atom stereocenters. The normalized spacial score (nSPS) is 15.3. The van der Waals surface area contributed by atoms with Gasteiger partial charge >= 0.3 is 5.97 Å². The van der Waals surface area contributed by atoms with Crippen LogP contribution < -0.4 is 9.62 Å². The van der Waals surface area contributed by atoms with Crippen molar-refractivity contribution in [1.82, 2.24) is 0 Å². The number of benzene rings is 2. The van der Waals surface area contributed by atoms with Crippen LogP contribution >= 0.6 is 0 Å². The number of carbonyl (C=O) groups excluding carboxylic acids is 2. The van der Waals surface area contributed by atoms with Crippen LogP contribution in [0.2, 0.25) is 0 Å². The lowest BCUT2D eigenvalue weighted by Gasteiger charge is -2.21. The summed E-state index contributed by atoms with van der Waals surface area (Å²) in [6, 6.07) is 6.72. The van der Waals surface area contributed by atoms with E-state index >= 15 is 0 Å². The molecule has 0 aliphatic carbocycles. The van der Waals surface area contributed by atoms with Crippen molar-refractivity contribution >= 4 is 39.0 Å². The molecular weight excluding hydrogens is 433 g/mol. The molecule has 0 fully saturated rings. The standard InChI is InChI=1S/C19H18FN3O7S/c1-11-7-13-8-12(3-6-17(13)22(11)31(2,28)29)19(25)30-10-18(24)21-16-9-14(23(26)27)4-5-15(16)20/h3-6,8-9,11H,7,10H2,1-2H3,(H,21,24). The number of amides is 1. The summed E-state index contributed by atoms with van der Waals surface area (Å²) in [4.78, 5) is 34.3. The van der Waals surface area contributed by atoms with Crippen LogP contribution in [0.15, 0.2) is 36.4 Å². The van der Waals surface area contributed by atoms with Crippen molar-refractivity contribution in [3.63, 3.8) is 0 Å².